The molecule has 2 atom stereocenters. The summed E-state index contributed by atoms with van der Waals surface area (Å²) in [5.41, 5.74) is 7.41. The summed E-state index contributed by atoms with van der Waals surface area (Å²) < 4.78 is 0. The van der Waals surface area contributed by atoms with Crippen LogP contribution in [0.15, 0.2) is 24.5 Å². The van der Waals surface area contributed by atoms with Gasteiger partial charge in [-0.3, -0.25) is 9.88 Å². The number of nitrogens with one attached hydrogen (secondary N) is 1. The summed E-state index contributed by atoms with van der Waals surface area (Å²) >= 11 is 0. The largest absolute Gasteiger partial charge is 0.324 e. The van der Waals surface area contributed by atoms with E-state index in [1.165, 1.54) is 5.56 Å². The van der Waals surface area contributed by atoms with Crippen molar-refractivity contribution in [2.45, 2.75) is 25.4 Å². The van der Waals surface area contributed by atoms with Gasteiger partial charge in [0.1, 0.15) is 0 Å². The van der Waals surface area contributed by atoms with Crippen LogP contribution in [0, 0.1) is 0 Å². The van der Waals surface area contributed by atoms with E-state index in [1.54, 1.807) is 0 Å². The van der Waals surface area contributed by atoms with E-state index in [0.717, 1.165) is 32.6 Å². The van der Waals surface area contributed by atoms with Crippen molar-refractivity contribution in [2.24, 2.45) is 5.73 Å². The number of hydrogen-bond acceptors (Lipinski definition) is 4. The molecular weight excluding hydrogens is 212 g/mol. The summed E-state index contributed by atoms with van der Waals surface area (Å²) in [6, 6.07) is 4.67. The van der Waals surface area contributed by atoms with E-state index in [4.69, 9.17) is 5.73 Å². The van der Waals surface area contributed by atoms with E-state index >= 15 is 0 Å². The van der Waals surface area contributed by atoms with E-state index in [-0.39, 0.29) is 6.04 Å². The Morgan fingerprint density at radius 1 is 1.35 bits per heavy atom. The Hall–Kier alpha value is -0.970. The fourth-order valence-corrected chi connectivity index (χ4v) is 2.39. The normalized spacial score (nSPS) is 21.1. The Morgan fingerprint density at radius 2 is 2.00 bits per heavy atom. The Balaban J connectivity index is 1.87. The standard InChI is InChI=1S/C13H22N4/c1-11(17-8-6-16-7-9-17)10-13(14)12-2-4-15-5-3-12/h2-5,11,13,16H,6-10,14H2,1H3. The second-order valence-corrected chi connectivity index (χ2v) is 4.76. The summed E-state index contributed by atoms with van der Waals surface area (Å²) in [6.07, 6.45) is 4.62. The first-order valence-electron chi connectivity index (χ1n) is 6.37. The first kappa shape index (κ1) is 12.5. The van der Waals surface area contributed by atoms with Crippen LogP contribution < -0.4 is 11.1 Å². The molecule has 1 fully saturated rings. The molecule has 0 amide bonds. The van der Waals surface area contributed by atoms with E-state index < -0.39 is 0 Å². The Kier molecular flexibility index (Phi) is 4.48. The van der Waals surface area contributed by atoms with E-state index in [9.17, 15) is 0 Å². The minimum Gasteiger partial charge on any atom is -0.324 e. The number of hydrogen-bond donors (Lipinski definition) is 2. The van der Waals surface area contributed by atoms with Crippen molar-refractivity contribution in [2.75, 3.05) is 26.2 Å². The van der Waals surface area contributed by atoms with Gasteiger partial charge in [-0.25, -0.2) is 0 Å². The second kappa shape index (κ2) is 6.10. The predicted octanol–water partition coefficient (Wildman–Crippen LogP) is 0.765. The zero-order valence-electron chi connectivity index (χ0n) is 10.5. The van der Waals surface area contributed by atoms with Gasteiger partial charge < -0.3 is 11.1 Å². The van der Waals surface area contributed by atoms with Crippen LogP contribution in [0.4, 0.5) is 0 Å². The molecule has 1 aliphatic rings. The summed E-state index contributed by atoms with van der Waals surface area (Å²) in [6.45, 7) is 6.71. The third-order valence-electron chi connectivity index (χ3n) is 3.50. The lowest BCUT2D eigenvalue weighted by molar-refractivity contribution is 0.170. The molecular formula is C13H22N4. The predicted molar refractivity (Wildman–Crippen MR) is 69.7 cm³/mol. The molecule has 0 aromatic carbocycles. The van der Waals surface area contributed by atoms with E-state index in [1.807, 2.05) is 24.5 Å². The monoisotopic (exact) mass is 234 g/mol. The third-order valence-corrected chi connectivity index (χ3v) is 3.50. The molecule has 2 heterocycles. The molecule has 2 unspecified atom stereocenters. The number of aromatic nitrogens is 1. The molecule has 17 heavy (non-hydrogen) atoms. The number of nitrogens with two attached hydrogens (primary N) is 1. The van der Waals surface area contributed by atoms with Crippen molar-refractivity contribution in [1.29, 1.82) is 0 Å². The minimum atomic E-state index is 0.114. The Bertz CT molecular complexity index is 321. The van der Waals surface area contributed by atoms with Crippen LogP contribution in [-0.2, 0) is 0 Å². The molecule has 1 aliphatic heterocycles. The number of pyridine rings is 1. The van der Waals surface area contributed by atoms with Gasteiger partial charge in [-0.2, -0.15) is 0 Å². The molecule has 1 aromatic rings. The van der Waals surface area contributed by atoms with Crippen LogP contribution in [-0.4, -0.2) is 42.1 Å². The molecule has 4 nitrogen and oxygen atoms in total. The number of nitrogens with zero attached hydrogens (tertiary/aromatic N) is 2. The first-order chi connectivity index (χ1) is 8.27. The van der Waals surface area contributed by atoms with Gasteiger partial charge in [-0.05, 0) is 31.0 Å². The maximum Gasteiger partial charge on any atom is 0.0310 e. The average molecular weight is 234 g/mol. The first-order valence-corrected chi connectivity index (χ1v) is 6.37. The lowest BCUT2D eigenvalue weighted by Crippen LogP contribution is -2.48. The van der Waals surface area contributed by atoms with Gasteiger partial charge in [-0.1, -0.05) is 0 Å². The highest BCUT2D eigenvalue weighted by Crippen LogP contribution is 2.17. The van der Waals surface area contributed by atoms with E-state index in [0.29, 0.717) is 6.04 Å². The summed E-state index contributed by atoms with van der Waals surface area (Å²) in [7, 11) is 0. The lowest BCUT2D eigenvalue weighted by Gasteiger charge is -2.34. The van der Waals surface area contributed by atoms with Gasteiger partial charge in [0.05, 0.1) is 0 Å². The quantitative estimate of drug-likeness (QED) is 0.808. The molecule has 0 radical (unpaired) electrons. The Morgan fingerprint density at radius 3 is 2.65 bits per heavy atom. The van der Waals surface area contributed by atoms with Crippen LogP contribution in [0.5, 0.6) is 0 Å². The molecule has 0 spiro atoms. The molecule has 3 N–H and O–H groups in total. The smallest absolute Gasteiger partial charge is 0.0310 e. The van der Waals surface area contributed by atoms with Gasteiger partial charge in [0.25, 0.3) is 0 Å². The molecule has 0 aliphatic carbocycles. The van der Waals surface area contributed by atoms with Crippen molar-refractivity contribution < 1.29 is 0 Å². The van der Waals surface area contributed by atoms with Crippen molar-refractivity contribution in [1.82, 2.24) is 15.2 Å². The van der Waals surface area contributed by atoms with Gasteiger partial charge in [0.15, 0.2) is 0 Å². The average Bonchev–Trinajstić information content (AvgIpc) is 2.40. The number of rotatable bonds is 4. The van der Waals surface area contributed by atoms with Gasteiger partial charge in [0, 0.05) is 50.7 Å². The molecule has 1 saturated heterocycles. The van der Waals surface area contributed by atoms with Crippen LogP contribution in [0.1, 0.15) is 24.9 Å². The summed E-state index contributed by atoms with van der Waals surface area (Å²) in [5, 5.41) is 3.37. The highest BCUT2D eigenvalue weighted by atomic mass is 15.2. The zero-order valence-corrected chi connectivity index (χ0v) is 10.5. The van der Waals surface area contributed by atoms with Gasteiger partial charge >= 0.3 is 0 Å². The van der Waals surface area contributed by atoms with E-state index in [2.05, 4.69) is 22.1 Å². The molecule has 0 saturated carbocycles. The topological polar surface area (TPSA) is 54.2 Å². The van der Waals surface area contributed by atoms with Gasteiger partial charge in [0.2, 0.25) is 0 Å². The molecule has 2 rings (SSSR count). The highest BCUT2D eigenvalue weighted by Gasteiger charge is 2.19. The molecule has 4 heteroatoms. The number of piperazine rings is 1. The fourth-order valence-electron chi connectivity index (χ4n) is 2.39. The lowest BCUT2D eigenvalue weighted by atomic mass is 10.0. The van der Waals surface area contributed by atoms with Crippen LogP contribution in [0.25, 0.3) is 0 Å². The third kappa shape index (κ3) is 3.49. The molecule has 1 aromatic heterocycles. The van der Waals surface area contributed by atoms with Crippen LogP contribution in [0.3, 0.4) is 0 Å². The van der Waals surface area contributed by atoms with Crippen molar-refractivity contribution in [3.8, 4) is 0 Å². The maximum absolute atomic E-state index is 6.23. The molecule has 0 bridgehead atoms. The zero-order chi connectivity index (χ0) is 12.1. The van der Waals surface area contributed by atoms with Crippen LogP contribution >= 0.6 is 0 Å². The SMILES string of the molecule is CC(CC(N)c1ccncc1)N1CCNCC1. The summed E-state index contributed by atoms with van der Waals surface area (Å²) in [4.78, 5) is 6.53. The van der Waals surface area contributed by atoms with Crippen molar-refractivity contribution >= 4 is 0 Å². The fraction of sp³-hybridized carbons (Fsp3) is 0.615. The maximum atomic E-state index is 6.23. The van der Waals surface area contributed by atoms with Crippen molar-refractivity contribution in [3.05, 3.63) is 30.1 Å². The Labute approximate surface area is 103 Å². The molecule has 94 valence electrons. The minimum absolute atomic E-state index is 0.114. The van der Waals surface area contributed by atoms with Crippen molar-refractivity contribution in [3.63, 3.8) is 0 Å². The van der Waals surface area contributed by atoms with Gasteiger partial charge in [-0.15, -0.1) is 0 Å². The highest BCUT2D eigenvalue weighted by molar-refractivity contribution is 5.14. The second-order valence-electron chi connectivity index (χ2n) is 4.76. The van der Waals surface area contributed by atoms with Crippen LogP contribution in [0.2, 0.25) is 0 Å². The summed E-state index contributed by atoms with van der Waals surface area (Å²) in [5.74, 6) is 0.